The number of hydrogen-bond acceptors (Lipinski definition) is 5. The van der Waals surface area contributed by atoms with E-state index in [1.54, 1.807) is 30.8 Å². The molecule has 0 saturated heterocycles. The van der Waals surface area contributed by atoms with Crippen LogP contribution in [0.5, 0.6) is 5.75 Å². The van der Waals surface area contributed by atoms with Gasteiger partial charge in [0.05, 0.1) is 24.1 Å². The summed E-state index contributed by atoms with van der Waals surface area (Å²) in [5, 5.41) is 2.88. The quantitative estimate of drug-likeness (QED) is 0.575. The maximum Gasteiger partial charge on any atom is 0.243 e. The molecule has 2 aromatic carbocycles. The molecule has 0 spiro atoms. The molecule has 0 aromatic heterocycles. The molecule has 0 aliphatic rings. The number of benzene rings is 2. The third-order valence-electron chi connectivity index (χ3n) is 4.44. The number of thioether (sulfide) groups is 1. The average Bonchev–Trinajstić information content (AvgIpc) is 2.72. The predicted molar refractivity (Wildman–Crippen MR) is 117 cm³/mol. The molecular weight excluding hydrogens is 408 g/mol. The summed E-state index contributed by atoms with van der Waals surface area (Å²) in [6.45, 7) is 5.91. The zero-order chi connectivity index (χ0) is 21.4. The van der Waals surface area contributed by atoms with Crippen molar-refractivity contribution in [3.63, 3.8) is 0 Å². The fourth-order valence-electron chi connectivity index (χ4n) is 2.81. The number of sulfonamides is 1. The summed E-state index contributed by atoms with van der Waals surface area (Å²) in [6.07, 6.45) is 2.00. The Morgan fingerprint density at radius 1 is 1.10 bits per heavy atom. The smallest absolute Gasteiger partial charge is 0.243 e. The van der Waals surface area contributed by atoms with Crippen LogP contribution in [0, 0.1) is 0 Å². The minimum absolute atomic E-state index is 0.135. The van der Waals surface area contributed by atoms with Crippen LogP contribution in [0.1, 0.15) is 32.4 Å². The normalized spacial score (nSPS) is 12.6. The largest absolute Gasteiger partial charge is 0.494 e. The summed E-state index contributed by atoms with van der Waals surface area (Å²) in [7, 11) is -3.77. The molecule has 0 unspecified atom stereocenters. The Morgan fingerprint density at radius 2 is 1.72 bits per heavy atom. The van der Waals surface area contributed by atoms with Gasteiger partial charge in [-0.1, -0.05) is 19.1 Å². The second-order valence-electron chi connectivity index (χ2n) is 6.40. The zero-order valence-electron chi connectivity index (χ0n) is 17.2. The van der Waals surface area contributed by atoms with Gasteiger partial charge in [-0.3, -0.25) is 4.79 Å². The minimum Gasteiger partial charge on any atom is -0.494 e. The van der Waals surface area contributed by atoms with Gasteiger partial charge in [-0.2, -0.15) is 4.31 Å². The third kappa shape index (κ3) is 6.22. The molecule has 1 N–H and O–H groups in total. The number of likely N-dealkylation sites (N-methyl/N-ethyl adjacent to an activating group) is 1. The van der Waals surface area contributed by atoms with Crippen LogP contribution in [0.4, 0.5) is 0 Å². The molecule has 0 heterocycles. The van der Waals surface area contributed by atoms with Crippen molar-refractivity contribution < 1.29 is 17.9 Å². The van der Waals surface area contributed by atoms with Gasteiger partial charge in [0.15, 0.2) is 0 Å². The monoisotopic (exact) mass is 436 g/mol. The molecule has 1 atom stereocenters. The van der Waals surface area contributed by atoms with Crippen LogP contribution in [0.2, 0.25) is 0 Å². The number of hydrogen-bond donors (Lipinski definition) is 1. The number of ether oxygens (including phenoxy) is 1. The molecular formula is C21H28N2O4S2. The van der Waals surface area contributed by atoms with Crippen molar-refractivity contribution in [1.29, 1.82) is 0 Å². The van der Waals surface area contributed by atoms with Crippen molar-refractivity contribution in [3.8, 4) is 5.75 Å². The number of nitrogens with zero attached hydrogens (tertiary/aromatic N) is 1. The van der Waals surface area contributed by atoms with Gasteiger partial charge >= 0.3 is 0 Å². The Balaban J connectivity index is 2.05. The molecule has 29 heavy (non-hydrogen) atoms. The lowest BCUT2D eigenvalue weighted by molar-refractivity contribution is -0.121. The van der Waals surface area contributed by atoms with Crippen LogP contribution in [0.15, 0.2) is 58.3 Å². The van der Waals surface area contributed by atoms with Gasteiger partial charge in [0.25, 0.3) is 0 Å². The lowest BCUT2D eigenvalue weighted by Gasteiger charge is -2.22. The first-order chi connectivity index (χ1) is 13.8. The maximum absolute atomic E-state index is 12.9. The zero-order valence-corrected chi connectivity index (χ0v) is 18.8. The highest BCUT2D eigenvalue weighted by Gasteiger charge is 2.25. The summed E-state index contributed by atoms with van der Waals surface area (Å²) >= 11 is 1.65. The van der Waals surface area contributed by atoms with E-state index in [4.69, 9.17) is 4.74 Å². The van der Waals surface area contributed by atoms with Gasteiger partial charge in [-0.25, -0.2) is 8.42 Å². The fraction of sp³-hybridized carbons (Fsp3) is 0.381. The van der Waals surface area contributed by atoms with Gasteiger partial charge in [-0.05, 0) is 62.1 Å². The van der Waals surface area contributed by atoms with Crippen molar-refractivity contribution in [3.05, 3.63) is 54.1 Å². The van der Waals surface area contributed by atoms with E-state index in [9.17, 15) is 13.2 Å². The second-order valence-corrected chi connectivity index (χ2v) is 9.22. The highest BCUT2D eigenvalue weighted by molar-refractivity contribution is 7.98. The Hall–Kier alpha value is -2.03. The van der Waals surface area contributed by atoms with E-state index in [0.717, 1.165) is 10.5 Å². The Kier molecular flexibility index (Phi) is 8.55. The fourth-order valence-corrected chi connectivity index (χ4v) is 4.63. The number of amides is 1. The van der Waals surface area contributed by atoms with Gasteiger partial charge in [-0.15, -0.1) is 11.8 Å². The third-order valence-corrected chi connectivity index (χ3v) is 7.12. The molecule has 6 nitrogen and oxygen atoms in total. The van der Waals surface area contributed by atoms with Crippen molar-refractivity contribution >= 4 is 27.7 Å². The van der Waals surface area contributed by atoms with E-state index in [1.807, 2.05) is 44.4 Å². The Bertz CT molecular complexity index is 897. The number of nitrogens with one attached hydrogen (secondary N) is 1. The minimum atomic E-state index is -3.77. The van der Waals surface area contributed by atoms with Crippen molar-refractivity contribution in [2.75, 3.05) is 26.0 Å². The van der Waals surface area contributed by atoms with Crippen LogP contribution in [-0.4, -0.2) is 44.6 Å². The molecule has 0 fully saturated rings. The van der Waals surface area contributed by atoms with Crippen molar-refractivity contribution in [2.45, 2.75) is 36.6 Å². The van der Waals surface area contributed by atoms with E-state index in [0.29, 0.717) is 12.4 Å². The van der Waals surface area contributed by atoms with Gasteiger partial charge < -0.3 is 10.1 Å². The second kappa shape index (κ2) is 10.7. The number of carbonyl (C=O) groups is 1. The topological polar surface area (TPSA) is 75.7 Å². The molecule has 158 valence electrons. The molecule has 0 saturated carbocycles. The Morgan fingerprint density at radius 3 is 2.24 bits per heavy atom. The molecule has 1 amide bonds. The molecule has 0 radical (unpaired) electrons. The van der Waals surface area contributed by atoms with Crippen LogP contribution in [0.3, 0.4) is 0 Å². The van der Waals surface area contributed by atoms with E-state index in [-0.39, 0.29) is 29.9 Å². The first-order valence-electron chi connectivity index (χ1n) is 9.48. The van der Waals surface area contributed by atoms with Crippen LogP contribution < -0.4 is 10.1 Å². The van der Waals surface area contributed by atoms with E-state index < -0.39 is 10.0 Å². The lowest BCUT2D eigenvalue weighted by Crippen LogP contribution is -2.41. The van der Waals surface area contributed by atoms with E-state index >= 15 is 0 Å². The molecule has 2 aromatic rings. The predicted octanol–water partition coefficient (Wildman–Crippen LogP) is 3.70. The lowest BCUT2D eigenvalue weighted by atomic mass is 10.1. The Labute approximate surface area is 177 Å². The molecule has 2 rings (SSSR count). The van der Waals surface area contributed by atoms with Gasteiger partial charge in [0.2, 0.25) is 15.9 Å². The summed E-state index contributed by atoms with van der Waals surface area (Å²) < 4.78 is 32.3. The van der Waals surface area contributed by atoms with Crippen LogP contribution >= 0.6 is 11.8 Å². The summed E-state index contributed by atoms with van der Waals surface area (Å²) in [6, 6.07) is 13.9. The SMILES string of the molecule is CCOc1ccc(S(=O)(=O)N(CC)CC(=O)N[C@H](C)c2ccc(SC)cc2)cc1. The van der Waals surface area contributed by atoms with Gasteiger partial charge in [0, 0.05) is 11.4 Å². The number of rotatable bonds is 10. The average molecular weight is 437 g/mol. The highest BCUT2D eigenvalue weighted by Crippen LogP contribution is 2.21. The van der Waals surface area contributed by atoms with E-state index in [2.05, 4.69) is 5.32 Å². The van der Waals surface area contributed by atoms with Crippen LogP contribution in [0.25, 0.3) is 0 Å². The van der Waals surface area contributed by atoms with Crippen molar-refractivity contribution in [1.82, 2.24) is 9.62 Å². The first kappa shape index (κ1) is 23.3. The molecule has 0 aliphatic carbocycles. The number of carbonyl (C=O) groups excluding carboxylic acids is 1. The first-order valence-corrected chi connectivity index (χ1v) is 12.1. The summed E-state index contributed by atoms with van der Waals surface area (Å²) in [4.78, 5) is 13.8. The summed E-state index contributed by atoms with van der Waals surface area (Å²) in [5.41, 5.74) is 0.966. The molecule has 0 bridgehead atoms. The molecule has 8 heteroatoms. The van der Waals surface area contributed by atoms with E-state index in [1.165, 1.54) is 16.4 Å². The van der Waals surface area contributed by atoms with Crippen molar-refractivity contribution in [2.24, 2.45) is 0 Å². The molecule has 0 aliphatic heterocycles. The van der Waals surface area contributed by atoms with Gasteiger partial charge in [0.1, 0.15) is 5.75 Å². The standard InChI is InChI=1S/C21H28N2O4S2/c1-5-23(29(25,26)20-13-9-18(10-14-20)27-6-2)15-21(24)22-16(3)17-7-11-19(28-4)12-8-17/h7-14,16H,5-6,15H2,1-4H3,(H,22,24)/t16-/m1/s1. The highest BCUT2D eigenvalue weighted by atomic mass is 32.2. The summed E-state index contributed by atoms with van der Waals surface area (Å²) in [5.74, 6) is 0.261. The maximum atomic E-state index is 12.9. The van der Waals surface area contributed by atoms with Crippen LogP contribution in [-0.2, 0) is 14.8 Å².